The van der Waals surface area contributed by atoms with E-state index in [1.54, 1.807) is 24.6 Å². The maximum absolute atomic E-state index is 12.3. The number of furan rings is 1. The van der Waals surface area contributed by atoms with Crippen LogP contribution in [0.2, 0.25) is 0 Å². The van der Waals surface area contributed by atoms with Crippen LogP contribution in [0.5, 0.6) is 0 Å². The molecule has 98 valence electrons. The molecule has 2 heterocycles. The number of sulfonamides is 1. The van der Waals surface area contributed by atoms with Gasteiger partial charge in [0.2, 0.25) is 10.0 Å². The van der Waals surface area contributed by atoms with Gasteiger partial charge in [-0.15, -0.1) is 11.3 Å². The van der Waals surface area contributed by atoms with Crippen LogP contribution in [0.1, 0.15) is 10.4 Å². The van der Waals surface area contributed by atoms with Crippen molar-refractivity contribution in [2.24, 2.45) is 5.73 Å². The van der Waals surface area contributed by atoms with Crippen molar-refractivity contribution in [3.63, 3.8) is 0 Å². The molecule has 0 amide bonds. The second-order valence-corrected chi connectivity index (χ2v) is 6.82. The fourth-order valence-corrected chi connectivity index (χ4v) is 4.06. The number of hydrogen-bond donors (Lipinski definition) is 1. The van der Waals surface area contributed by atoms with Crippen molar-refractivity contribution in [3.05, 3.63) is 40.5 Å². The largest absolute Gasteiger partial charge is 0.472 e. The van der Waals surface area contributed by atoms with E-state index in [1.807, 2.05) is 0 Å². The van der Waals surface area contributed by atoms with E-state index in [-0.39, 0.29) is 13.1 Å². The van der Waals surface area contributed by atoms with E-state index in [0.29, 0.717) is 9.77 Å². The zero-order chi connectivity index (χ0) is 13.2. The predicted molar refractivity (Wildman–Crippen MR) is 69.6 cm³/mol. The fraction of sp³-hybridized carbons (Fsp3) is 0.273. The van der Waals surface area contributed by atoms with Crippen LogP contribution < -0.4 is 5.73 Å². The molecule has 2 N–H and O–H groups in total. The number of rotatable bonds is 5. The third-order valence-electron chi connectivity index (χ3n) is 2.56. The molecule has 2 rings (SSSR count). The molecule has 0 radical (unpaired) electrons. The Bertz CT molecular complexity index is 602. The van der Waals surface area contributed by atoms with E-state index in [4.69, 9.17) is 10.2 Å². The van der Waals surface area contributed by atoms with E-state index in [0.717, 1.165) is 5.56 Å². The molecule has 0 aliphatic rings. The molecule has 0 saturated carbocycles. The molecule has 0 aromatic carbocycles. The maximum Gasteiger partial charge on any atom is 0.244 e. The Kier molecular flexibility index (Phi) is 3.86. The van der Waals surface area contributed by atoms with E-state index in [9.17, 15) is 8.42 Å². The van der Waals surface area contributed by atoms with Gasteiger partial charge in [0.25, 0.3) is 0 Å². The Hall–Kier alpha value is -1.15. The van der Waals surface area contributed by atoms with Crippen LogP contribution in [0, 0.1) is 0 Å². The number of thiophene rings is 1. The topological polar surface area (TPSA) is 76.5 Å². The Labute approximate surface area is 110 Å². The monoisotopic (exact) mass is 286 g/mol. The molecule has 0 unspecified atom stereocenters. The van der Waals surface area contributed by atoms with E-state index >= 15 is 0 Å². The van der Waals surface area contributed by atoms with Gasteiger partial charge >= 0.3 is 0 Å². The standard InChI is InChI=1S/C11H14N2O3S2/c1-13(7-9-2-4-16-8-9)18(14,15)11-3-5-17-10(11)6-12/h2-5,8H,6-7,12H2,1H3. The number of nitrogens with zero attached hydrogens (tertiary/aromatic N) is 1. The van der Waals surface area contributed by atoms with E-state index in [1.165, 1.54) is 28.2 Å². The first-order valence-electron chi connectivity index (χ1n) is 5.29. The van der Waals surface area contributed by atoms with Crippen LogP contribution in [0.15, 0.2) is 39.4 Å². The van der Waals surface area contributed by atoms with Crippen LogP contribution in [0.25, 0.3) is 0 Å². The summed E-state index contributed by atoms with van der Waals surface area (Å²) in [4.78, 5) is 0.968. The molecule has 2 aromatic rings. The summed E-state index contributed by atoms with van der Waals surface area (Å²) >= 11 is 1.35. The molecule has 0 saturated heterocycles. The molecule has 0 atom stereocenters. The van der Waals surface area contributed by atoms with Crippen LogP contribution >= 0.6 is 11.3 Å². The molecule has 0 spiro atoms. The molecule has 0 aliphatic carbocycles. The number of nitrogens with two attached hydrogens (primary N) is 1. The minimum atomic E-state index is -3.49. The lowest BCUT2D eigenvalue weighted by Crippen LogP contribution is -2.26. The van der Waals surface area contributed by atoms with Crippen molar-refractivity contribution in [2.75, 3.05) is 7.05 Å². The Balaban J connectivity index is 2.26. The first-order chi connectivity index (χ1) is 8.55. The fourth-order valence-electron chi connectivity index (χ4n) is 1.60. The first-order valence-corrected chi connectivity index (χ1v) is 7.61. The third-order valence-corrected chi connectivity index (χ3v) is 5.52. The minimum absolute atomic E-state index is 0.228. The molecule has 0 aliphatic heterocycles. The summed E-state index contributed by atoms with van der Waals surface area (Å²) < 4.78 is 30.9. The Morgan fingerprint density at radius 1 is 1.44 bits per heavy atom. The van der Waals surface area contributed by atoms with Crippen LogP contribution in [-0.4, -0.2) is 19.8 Å². The summed E-state index contributed by atoms with van der Waals surface area (Å²) in [5.74, 6) is 0. The molecule has 2 aromatic heterocycles. The average Bonchev–Trinajstić information content (AvgIpc) is 2.98. The van der Waals surface area contributed by atoms with E-state index in [2.05, 4.69) is 0 Å². The Morgan fingerprint density at radius 2 is 2.22 bits per heavy atom. The third kappa shape index (κ3) is 2.49. The normalized spacial score (nSPS) is 12.2. The predicted octanol–water partition coefficient (Wildman–Crippen LogP) is 1.62. The summed E-state index contributed by atoms with van der Waals surface area (Å²) in [5, 5.41) is 1.74. The highest BCUT2D eigenvalue weighted by molar-refractivity contribution is 7.89. The van der Waals surface area contributed by atoms with Crippen LogP contribution in [0.4, 0.5) is 0 Å². The highest BCUT2D eigenvalue weighted by atomic mass is 32.2. The first kappa shape index (κ1) is 13.3. The maximum atomic E-state index is 12.3. The van der Waals surface area contributed by atoms with Gasteiger partial charge in [0, 0.05) is 30.6 Å². The molecule has 18 heavy (non-hydrogen) atoms. The smallest absolute Gasteiger partial charge is 0.244 e. The molecule has 7 heteroatoms. The zero-order valence-corrected chi connectivity index (χ0v) is 11.5. The van der Waals surface area contributed by atoms with Crippen molar-refractivity contribution >= 4 is 21.4 Å². The van der Waals surface area contributed by atoms with Gasteiger partial charge in [-0.25, -0.2) is 8.42 Å². The lowest BCUT2D eigenvalue weighted by atomic mass is 10.3. The molecular weight excluding hydrogens is 272 g/mol. The second kappa shape index (κ2) is 5.23. The molecule has 0 fully saturated rings. The van der Waals surface area contributed by atoms with Crippen molar-refractivity contribution < 1.29 is 12.8 Å². The van der Waals surface area contributed by atoms with Gasteiger partial charge in [0.05, 0.1) is 17.4 Å². The van der Waals surface area contributed by atoms with Gasteiger partial charge in [-0.3, -0.25) is 0 Å². The average molecular weight is 286 g/mol. The summed E-state index contributed by atoms with van der Waals surface area (Å²) in [5.41, 5.74) is 6.35. The van der Waals surface area contributed by atoms with Crippen LogP contribution in [-0.2, 0) is 23.1 Å². The second-order valence-electron chi connectivity index (χ2n) is 3.80. The van der Waals surface area contributed by atoms with Gasteiger partial charge in [0.1, 0.15) is 0 Å². The highest BCUT2D eigenvalue weighted by Crippen LogP contribution is 2.25. The van der Waals surface area contributed by atoms with E-state index < -0.39 is 10.0 Å². The van der Waals surface area contributed by atoms with Gasteiger partial charge in [-0.1, -0.05) is 0 Å². The van der Waals surface area contributed by atoms with Crippen molar-refractivity contribution in [1.82, 2.24) is 4.31 Å². The lowest BCUT2D eigenvalue weighted by Gasteiger charge is -2.16. The van der Waals surface area contributed by atoms with Crippen molar-refractivity contribution in [3.8, 4) is 0 Å². The lowest BCUT2D eigenvalue weighted by molar-refractivity contribution is 0.463. The Morgan fingerprint density at radius 3 is 2.83 bits per heavy atom. The molecular formula is C11H14N2O3S2. The molecule has 5 nitrogen and oxygen atoms in total. The van der Waals surface area contributed by atoms with Gasteiger partial charge in [-0.05, 0) is 17.5 Å². The quantitative estimate of drug-likeness (QED) is 0.906. The summed E-state index contributed by atoms with van der Waals surface area (Å²) in [6.07, 6.45) is 3.05. The van der Waals surface area contributed by atoms with Gasteiger partial charge < -0.3 is 10.2 Å². The van der Waals surface area contributed by atoms with Crippen molar-refractivity contribution in [1.29, 1.82) is 0 Å². The summed E-state index contributed by atoms with van der Waals surface area (Å²) in [6, 6.07) is 3.33. The van der Waals surface area contributed by atoms with Crippen LogP contribution in [0.3, 0.4) is 0 Å². The van der Waals surface area contributed by atoms with Gasteiger partial charge in [0.15, 0.2) is 0 Å². The zero-order valence-electron chi connectivity index (χ0n) is 9.87. The summed E-state index contributed by atoms with van der Waals surface area (Å²) in [7, 11) is -1.95. The summed E-state index contributed by atoms with van der Waals surface area (Å²) in [6.45, 7) is 0.504. The molecule has 0 bridgehead atoms. The SMILES string of the molecule is CN(Cc1ccoc1)S(=O)(=O)c1ccsc1CN. The highest BCUT2D eigenvalue weighted by Gasteiger charge is 2.24. The number of hydrogen-bond acceptors (Lipinski definition) is 5. The minimum Gasteiger partial charge on any atom is -0.472 e. The van der Waals surface area contributed by atoms with Gasteiger partial charge in [-0.2, -0.15) is 4.31 Å². The van der Waals surface area contributed by atoms with Crippen molar-refractivity contribution in [2.45, 2.75) is 18.0 Å².